The predicted octanol–water partition coefficient (Wildman–Crippen LogP) is 1.06. The summed E-state index contributed by atoms with van der Waals surface area (Å²) in [5.74, 6) is 0.719. The van der Waals surface area contributed by atoms with E-state index in [1.165, 1.54) is 0 Å². The number of ether oxygens (including phenoxy) is 2. The van der Waals surface area contributed by atoms with Crippen LogP contribution in [0.2, 0.25) is 0 Å². The van der Waals surface area contributed by atoms with Gasteiger partial charge in [-0.15, -0.1) is 0 Å². The zero-order valence-electron chi connectivity index (χ0n) is 4.59. The molecule has 0 fully saturated rings. The van der Waals surface area contributed by atoms with E-state index in [1.807, 2.05) is 0 Å². The van der Waals surface area contributed by atoms with Crippen molar-refractivity contribution in [2.75, 3.05) is 13.2 Å². The van der Waals surface area contributed by atoms with E-state index in [0.717, 1.165) is 5.76 Å². The molecular weight excluding hydrogens is 104 g/mol. The minimum atomic E-state index is 0.637. The van der Waals surface area contributed by atoms with Gasteiger partial charge in [0, 0.05) is 0 Å². The van der Waals surface area contributed by atoms with Crippen LogP contribution in [0.25, 0.3) is 0 Å². The van der Waals surface area contributed by atoms with Crippen molar-refractivity contribution in [2.24, 2.45) is 0 Å². The summed E-state index contributed by atoms with van der Waals surface area (Å²) in [5.41, 5.74) is 0. The molecule has 1 aliphatic rings. The van der Waals surface area contributed by atoms with Crippen molar-refractivity contribution in [3.63, 3.8) is 0 Å². The molecule has 0 aromatic rings. The molecule has 0 N–H and O–H groups in total. The predicted molar refractivity (Wildman–Crippen MR) is 30.2 cm³/mol. The molecule has 2 heteroatoms. The minimum Gasteiger partial charge on any atom is -0.494 e. The van der Waals surface area contributed by atoms with E-state index in [4.69, 9.17) is 9.47 Å². The zero-order chi connectivity index (χ0) is 5.82. The molecule has 0 aliphatic carbocycles. The third-order valence-corrected chi connectivity index (χ3v) is 0.871. The van der Waals surface area contributed by atoms with Crippen LogP contribution in [-0.2, 0) is 9.47 Å². The summed E-state index contributed by atoms with van der Waals surface area (Å²) in [6.45, 7) is 4.80. The summed E-state index contributed by atoms with van der Waals surface area (Å²) < 4.78 is 9.96. The van der Waals surface area contributed by atoms with Crippen LogP contribution in [0.1, 0.15) is 0 Å². The Morgan fingerprint density at radius 3 is 2.88 bits per heavy atom. The van der Waals surface area contributed by atoms with Crippen molar-refractivity contribution in [2.45, 2.75) is 0 Å². The highest BCUT2D eigenvalue weighted by molar-refractivity contribution is 5.06. The van der Waals surface area contributed by atoms with Gasteiger partial charge in [-0.1, -0.05) is 6.58 Å². The van der Waals surface area contributed by atoms with E-state index < -0.39 is 0 Å². The fraction of sp³-hybridized carbons (Fsp3) is 0.333. The second-order valence-electron chi connectivity index (χ2n) is 1.44. The molecule has 0 radical (unpaired) electrons. The summed E-state index contributed by atoms with van der Waals surface area (Å²) in [6.07, 6.45) is 3.19. The van der Waals surface area contributed by atoms with Crippen LogP contribution in [0.3, 0.4) is 0 Å². The molecule has 8 heavy (non-hydrogen) atoms. The molecule has 0 saturated heterocycles. The third kappa shape index (κ3) is 1.03. The van der Waals surface area contributed by atoms with E-state index in [-0.39, 0.29) is 0 Å². The summed E-state index contributed by atoms with van der Waals surface area (Å²) in [4.78, 5) is 0. The second kappa shape index (κ2) is 2.40. The van der Waals surface area contributed by atoms with Gasteiger partial charge in [-0.05, 0) is 6.08 Å². The van der Waals surface area contributed by atoms with Crippen molar-refractivity contribution in [1.29, 1.82) is 0 Å². The van der Waals surface area contributed by atoms with Gasteiger partial charge in [0.1, 0.15) is 19.5 Å². The van der Waals surface area contributed by atoms with Crippen LogP contribution in [0, 0.1) is 0 Å². The van der Waals surface area contributed by atoms with Gasteiger partial charge in [0.2, 0.25) is 0 Å². The van der Waals surface area contributed by atoms with Crippen LogP contribution in [-0.4, -0.2) is 13.2 Å². The molecule has 0 aromatic carbocycles. The molecule has 2 nitrogen and oxygen atoms in total. The average Bonchev–Trinajstić information content (AvgIpc) is 1.90. The first-order chi connectivity index (χ1) is 3.93. The first kappa shape index (κ1) is 5.22. The highest BCUT2D eigenvalue weighted by Crippen LogP contribution is 2.02. The lowest BCUT2D eigenvalue weighted by Crippen LogP contribution is -2.06. The average molecular weight is 112 g/mol. The Bertz CT molecular complexity index is 116. The molecule has 0 atom stereocenters. The van der Waals surface area contributed by atoms with E-state index in [2.05, 4.69) is 6.58 Å². The fourth-order valence-electron chi connectivity index (χ4n) is 0.490. The van der Waals surface area contributed by atoms with E-state index in [9.17, 15) is 0 Å². The van der Waals surface area contributed by atoms with E-state index in [1.54, 1.807) is 12.3 Å². The molecule has 0 amide bonds. The van der Waals surface area contributed by atoms with Gasteiger partial charge in [0.25, 0.3) is 0 Å². The van der Waals surface area contributed by atoms with Crippen molar-refractivity contribution in [3.8, 4) is 0 Å². The van der Waals surface area contributed by atoms with Gasteiger partial charge < -0.3 is 9.47 Å². The van der Waals surface area contributed by atoms with E-state index >= 15 is 0 Å². The van der Waals surface area contributed by atoms with Crippen molar-refractivity contribution < 1.29 is 9.47 Å². The molecule has 1 rings (SSSR count). The summed E-state index contributed by atoms with van der Waals surface area (Å²) >= 11 is 0. The standard InChI is InChI=1S/C6H8O2/c1-2-6-5-7-3-4-8-6/h2,5H,1,3-4H2. The lowest BCUT2D eigenvalue weighted by Gasteiger charge is -2.11. The van der Waals surface area contributed by atoms with Gasteiger partial charge >= 0.3 is 0 Å². The van der Waals surface area contributed by atoms with Crippen LogP contribution in [0.4, 0.5) is 0 Å². The maximum atomic E-state index is 5.05. The molecule has 0 unspecified atom stereocenters. The third-order valence-electron chi connectivity index (χ3n) is 0.871. The molecule has 0 bridgehead atoms. The second-order valence-corrected chi connectivity index (χ2v) is 1.44. The molecule has 44 valence electrons. The van der Waals surface area contributed by atoms with Gasteiger partial charge in [-0.2, -0.15) is 0 Å². The van der Waals surface area contributed by atoms with Gasteiger partial charge in [0.15, 0.2) is 5.76 Å². The van der Waals surface area contributed by atoms with Crippen LogP contribution in [0.15, 0.2) is 24.7 Å². The lowest BCUT2D eigenvalue weighted by molar-refractivity contribution is 0.0921. The molecule has 0 aromatic heterocycles. The smallest absolute Gasteiger partial charge is 0.153 e. The van der Waals surface area contributed by atoms with Crippen LogP contribution >= 0.6 is 0 Å². The normalized spacial score (nSPS) is 17.8. The van der Waals surface area contributed by atoms with Gasteiger partial charge in [-0.25, -0.2) is 0 Å². The Morgan fingerprint density at radius 1 is 1.62 bits per heavy atom. The number of hydrogen-bond acceptors (Lipinski definition) is 2. The summed E-state index contributed by atoms with van der Waals surface area (Å²) in [7, 11) is 0. The van der Waals surface area contributed by atoms with Crippen LogP contribution < -0.4 is 0 Å². The van der Waals surface area contributed by atoms with Gasteiger partial charge in [-0.3, -0.25) is 0 Å². The maximum Gasteiger partial charge on any atom is 0.153 e. The Labute approximate surface area is 48.4 Å². The van der Waals surface area contributed by atoms with Crippen molar-refractivity contribution >= 4 is 0 Å². The quantitative estimate of drug-likeness (QED) is 0.505. The fourth-order valence-corrected chi connectivity index (χ4v) is 0.490. The number of allylic oxidation sites excluding steroid dienone is 1. The summed E-state index contributed by atoms with van der Waals surface area (Å²) in [6, 6.07) is 0. The highest BCUT2D eigenvalue weighted by Gasteiger charge is 1.97. The van der Waals surface area contributed by atoms with Crippen LogP contribution in [0.5, 0.6) is 0 Å². The van der Waals surface area contributed by atoms with Crippen molar-refractivity contribution in [1.82, 2.24) is 0 Å². The SMILES string of the molecule is C=CC1=COCCO1. The molecule has 1 heterocycles. The molecule has 1 aliphatic heterocycles. The molecule has 0 saturated carbocycles. The Morgan fingerprint density at radius 2 is 2.50 bits per heavy atom. The summed E-state index contributed by atoms with van der Waals surface area (Å²) in [5, 5.41) is 0. The largest absolute Gasteiger partial charge is 0.494 e. The molecular formula is C6H8O2. The van der Waals surface area contributed by atoms with Crippen molar-refractivity contribution in [3.05, 3.63) is 24.7 Å². The lowest BCUT2D eigenvalue weighted by atomic mass is 10.5. The number of hydrogen-bond donors (Lipinski definition) is 0. The Kier molecular flexibility index (Phi) is 1.57. The Hall–Kier alpha value is -0.920. The maximum absolute atomic E-state index is 5.05. The monoisotopic (exact) mass is 112 g/mol. The molecule has 0 spiro atoms. The Balaban J connectivity index is 2.49. The first-order valence-electron chi connectivity index (χ1n) is 2.50. The first-order valence-corrected chi connectivity index (χ1v) is 2.50. The minimum absolute atomic E-state index is 0.637. The topological polar surface area (TPSA) is 18.5 Å². The van der Waals surface area contributed by atoms with E-state index in [0.29, 0.717) is 13.2 Å². The number of rotatable bonds is 1. The highest BCUT2D eigenvalue weighted by atomic mass is 16.6. The van der Waals surface area contributed by atoms with Gasteiger partial charge in [0.05, 0.1) is 0 Å². The zero-order valence-corrected chi connectivity index (χ0v) is 4.59.